The molecule has 0 bridgehead atoms. The van der Waals surface area contributed by atoms with Crippen molar-refractivity contribution in [1.82, 2.24) is 20.0 Å². The van der Waals surface area contributed by atoms with Crippen molar-refractivity contribution in [1.29, 1.82) is 0 Å². The van der Waals surface area contributed by atoms with Crippen molar-refractivity contribution in [2.45, 2.75) is 32.4 Å². The number of nitrogens with one attached hydrogen (secondary N) is 1. The van der Waals surface area contributed by atoms with E-state index >= 15 is 0 Å². The van der Waals surface area contributed by atoms with Gasteiger partial charge in [-0.05, 0) is 44.1 Å². The number of nitrogens with zero attached hydrogens (tertiary/aromatic N) is 3. The van der Waals surface area contributed by atoms with Crippen LogP contribution in [-0.4, -0.2) is 46.3 Å². The Morgan fingerprint density at radius 2 is 2.07 bits per heavy atom. The van der Waals surface area contributed by atoms with E-state index in [9.17, 15) is 4.79 Å². The Morgan fingerprint density at radius 3 is 2.86 bits per heavy atom. The van der Waals surface area contributed by atoms with Crippen LogP contribution in [-0.2, 0) is 11.3 Å². The summed E-state index contributed by atoms with van der Waals surface area (Å²) in [6.45, 7) is 5.23. The van der Waals surface area contributed by atoms with Crippen LogP contribution in [0.2, 0.25) is 5.02 Å². The number of amides is 1. The molecule has 1 N–H and O–H groups in total. The normalized spacial score (nSPS) is 17.3. The summed E-state index contributed by atoms with van der Waals surface area (Å²) < 4.78 is 1.77. The largest absolute Gasteiger partial charge is 0.353 e. The third kappa shape index (κ3) is 3.91. The number of carbonyl (C=O) groups is 1. The summed E-state index contributed by atoms with van der Waals surface area (Å²) in [5, 5.41) is 9.45. The molecule has 1 saturated heterocycles. The van der Waals surface area contributed by atoms with Crippen molar-refractivity contribution in [2.75, 3.05) is 19.6 Å². The fourth-order valence-electron chi connectivity index (χ4n) is 4.05. The molecular weight excluding hydrogens is 372 g/mol. The number of halogens is 1. The maximum atomic E-state index is 12.6. The fourth-order valence-corrected chi connectivity index (χ4v) is 4.22. The van der Waals surface area contributed by atoms with Gasteiger partial charge in [-0.2, -0.15) is 5.10 Å². The summed E-state index contributed by atoms with van der Waals surface area (Å²) in [5.74, 6) is -0.0121. The minimum atomic E-state index is -0.0121. The van der Waals surface area contributed by atoms with E-state index in [4.69, 9.17) is 16.7 Å². The number of hydrogen-bond donors (Lipinski definition) is 1. The first-order chi connectivity index (χ1) is 13.7. The van der Waals surface area contributed by atoms with Gasteiger partial charge in [-0.3, -0.25) is 14.4 Å². The first-order valence-corrected chi connectivity index (χ1v) is 10.3. The number of likely N-dealkylation sites (tertiary alicyclic amines) is 1. The molecule has 1 aliphatic rings. The van der Waals surface area contributed by atoms with Gasteiger partial charge in [0.1, 0.15) is 12.2 Å². The average molecular weight is 397 g/mol. The van der Waals surface area contributed by atoms with Crippen LogP contribution in [0.5, 0.6) is 0 Å². The molecule has 146 valence electrons. The Balaban J connectivity index is 1.54. The average Bonchev–Trinajstić information content (AvgIpc) is 3.31. The molecule has 1 unspecified atom stereocenters. The van der Waals surface area contributed by atoms with Gasteiger partial charge in [-0.15, -0.1) is 0 Å². The van der Waals surface area contributed by atoms with Crippen LogP contribution >= 0.6 is 11.6 Å². The minimum Gasteiger partial charge on any atom is -0.353 e. The topological polar surface area (TPSA) is 50.2 Å². The molecule has 6 heteroatoms. The lowest BCUT2D eigenvalue weighted by molar-refractivity contribution is -0.122. The van der Waals surface area contributed by atoms with Gasteiger partial charge in [-0.1, -0.05) is 48.9 Å². The first-order valence-electron chi connectivity index (χ1n) is 9.88. The zero-order valence-electron chi connectivity index (χ0n) is 16.1. The molecule has 4 rings (SSSR count). The molecule has 1 aliphatic heterocycles. The van der Waals surface area contributed by atoms with Crippen LogP contribution in [0.4, 0.5) is 0 Å². The molecule has 1 amide bonds. The van der Waals surface area contributed by atoms with Crippen molar-refractivity contribution in [3.05, 3.63) is 53.6 Å². The number of hydrogen-bond acceptors (Lipinski definition) is 3. The highest BCUT2D eigenvalue weighted by Gasteiger charge is 2.23. The third-order valence-corrected chi connectivity index (χ3v) is 5.73. The molecule has 28 heavy (non-hydrogen) atoms. The highest BCUT2D eigenvalue weighted by molar-refractivity contribution is 6.31. The number of carbonyl (C=O) groups excluding carboxylic acids is 1. The van der Waals surface area contributed by atoms with E-state index < -0.39 is 0 Å². The molecule has 0 aliphatic carbocycles. The minimum absolute atomic E-state index is 0.0121. The quantitative estimate of drug-likeness (QED) is 0.686. The summed E-state index contributed by atoms with van der Waals surface area (Å²) in [6, 6.07) is 16.1. The van der Waals surface area contributed by atoms with Crippen molar-refractivity contribution < 1.29 is 4.79 Å². The summed E-state index contributed by atoms with van der Waals surface area (Å²) in [7, 11) is 0. The van der Waals surface area contributed by atoms with E-state index in [0.29, 0.717) is 17.6 Å². The molecule has 0 spiro atoms. The second kappa shape index (κ2) is 8.33. The zero-order valence-corrected chi connectivity index (χ0v) is 16.8. The molecule has 2 heterocycles. The Morgan fingerprint density at radius 1 is 1.25 bits per heavy atom. The standard InChI is InChI=1S/C22H25ClN4O/c1-2-26-12-6-9-18(26)14-24-21(28)15-27-20-11-10-17(23)13-19(20)22(25-27)16-7-4-3-5-8-16/h3-5,7-8,10-11,13,18H,2,6,9,12,14-15H2,1H3,(H,24,28). The summed E-state index contributed by atoms with van der Waals surface area (Å²) >= 11 is 6.22. The van der Waals surface area contributed by atoms with E-state index in [2.05, 4.69) is 17.1 Å². The Kier molecular flexibility index (Phi) is 5.64. The number of fused-ring (bicyclic) bond motifs is 1. The van der Waals surface area contributed by atoms with Gasteiger partial charge in [-0.25, -0.2) is 0 Å². The molecule has 0 saturated carbocycles. The molecule has 0 radical (unpaired) electrons. The maximum absolute atomic E-state index is 12.6. The van der Waals surface area contributed by atoms with Crippen molar-refractivity contribution >= 4 is 28.4 Å². The van der Waals surface area contributed by atoms with Crippen molar-refractivity contribution in [2.24, 2.45) is 0 Å². The lowest BCUT2D eigenvalue weighted by Gasteiger charge is -2.22. The number of benzene rings is 2. The van der Waals surface area contributed by atoms with Gasteiger partial charge in [0.25, 0.3) is 0 Å². The Bertz CT molecular complexity index is 969. The zero-order chi connectivity index (χ0) is 19.5. The van der Waals surface area contributed by atoms with Gasteiger partial charge < -0.3 is 5.32 Å². The van der Waals surface area contributed by atoms with Crippen LogP contribution in [0.1, 0.15) is 19.8 Å². The van der Waals surface area contributed by atoms with E-state index in [-0.39, 0.29) is 12.5 Å². The lowest BCUT2D eigenvalue weighted by Crippen LogP contribution is -2.41. The monoisotopic (exact) mass is 396 g/mol. The summed E-state index contributed by atoms with van der Waals surface area (Å²) in [6.07, 6.45) is 2.36. The van der Waals surface area contributed by atoms with E-state index in [1.807, 2.05) is 48.5 Å². The Hall–Kier alpha value is -2.37. The molecule has 5 nitrogen and oxygen atoms in total. The fraction of sp³-hybridized carbons (Fsp3) is 0.364. The second-order valence-electron chi connectivity index (χ2n) is 7.26. The van der Waals surface area contributed by atoms with E-state index in [1.165, 1.54) is 6.42 Å². The van der Waals surface area contributed by atoms with Crippen LogP contribution in [0.3, 0.4) is 0 Å². The van der Waals surface area contributed by atoms with Gasteiger partial charge in [0.05, 0.1) is 5.52 Å². The van der Waals surface area contributed by atoms with E-state index in [0.717, 1.165) is 41.7 Å². The highest BCUT2D eigenvalue weighted by Crippen LogP contribution is 2.30. The number of rotatable bonds is 6. The van der Waals surface area contributed by atoms with Crippen molar-refractivity contribution in [3.8, 4) is 11.3 Å². The molecule has 2 aromatic carbocycles. The predicted octanol–water partition coefficient (Wildman–Crippen LogP) is 3.96. The molecule has 1 aromatic heterocycles. The van der Waals surface area contributed by atoms with Crippen molar-refractivity contribution in [3.63, 3.8) is 0 Å². The van der Waals surface area contributed by atoms with Crippen LogP contribution < -0.4 is 5.32 Å². The number of aromatic nitrogens is 2. The van der Waals surface area contributed by atoms with Crippen LogP contribution in [0, 0.1) is 0 Å². The maximum Gasteiger partial charge on any atom is 0.241 e. The molecule has 3 aromatic rings. The third-order valence-electron chi connectivity index (χ3n) is 5.49. The summed E-state index contributed by atoms with van der Waals surface area (Å²) in [5.41, 5.74) is 2.77. The SMILES string of the molecule is CCN1CCCC1CNC(=O)Cn1nc(-c2ccccc2)c2cc(Cl)ccc21. The van der Waals surface area contributed by atoms with Gasteiger partial charge in [0.15, 0.2) is 0 Å². The first kappa shape index (κ1) is 19.0. The van der Waals surface area contributed by atoms with Crippen LogP contribution in [0.25, 0.3) is 22.2 Å². The van der Waals surface area contributed by atoms with E-state index in [1.54, 1.807) is 4.68 Å². The molecule has 1 fully saturated rings. The highest BCUT2D eigenvalue weighted by atomic mass is 35.5. The number of likely N-dealkylation sites (N-methyl/N-ethyl adjacent to an activating group) is 1. The lowest BCUT2D eigenvalue weighted by atomic mass is 10.1. The molecular formula is C22H25ClN4O. The molecule has 1 atom stereocenters. The van der Waals surface area contributed by atoms with Crippen LogP contribution in [0.15, 0.2) is 48.5 Å². The van der Waals surface area contributed by atoms with Gasteiger partial charge in [0, 0.05) is 28.6 Å². The summed E-state index contributed by atoms with van der Waals surface area (Å²) in [4.78, 5) is 15.0. The predicted molar refractivity (Wildman–Crippen MR) is 113 cm³/mol. The second-order valence-corrected chi connectivity index (χ2v) is 7.70. The Labute approximate surface area is 170 Å². The van der Waals surface area contributed by atoms with Gasteiger partial charge in [0.2, 0.25) is 5.91 Å². The van der Waals surface area contributed by atoms with Gasteiger partial charge >= 0.3 is 0 Å². The smallest absolute Gasteiger partial charge is 0.241 e.